The highest BCUT2D eigenvalue weighted by Crippen LogP contribution is 2.23. The van der Waals surface area contributed by atoms with Crippen LogP contribution in [0.1, 0.15) is 46.5 Å². The Morgan fingerprint density at radius 2 is 2.20 bits per heavy atom. The topological polar surface area (TPSA) is 27.0 Å². The summed E-state index contributed by atoms with van der Waals surface area (Å²) in [6.45, 7) is 9.93. The van der Waals surface area contributed by atoms with E-state index in [-0.39, 0.29) is 5.41 Å². The Labute approximate surface area is 94.3 Å². The van der Waals surface area contributed by atoms with Gasteiger partial charge in [-0.25, -0.2) is 0 Å². The summed E-state index contributed by atoms with van der Waals surface area (Å²) in [7, 11) is 0. The van der Waals surface area contributed by atoms with Crippen molar-refractivity contribution >= 4 is 0 Å². The van der Waals surface area contributed by atoms with Crippen LogP contribution < -0.4 is 0 Å². The number of likely N-dealkylation sites (tertiary alicyclic amines) is 1. The van der Waals surface area contributed by atoms with E-state index in [1.54, 1.807) is 0 Å². The van der Waals surface area contributed by atoms with Gasteiger partial charge in [0.2, 0.25) is 0 Å². The van der Waals surface area contributed by atoms with E-state index in [4.69, 9.17) is 5.26 Å². The van der Waals surface area contributed by atoms with Gasteiger partial charge in [0.25, 0.3) is 0 Å². The summed E-state index contributed by atoms with van der Waals surface area (Å²) in [5.74, 6) is 0.893. The Morgan fingerprint density at radius 3 is 2.80 bits per heavy atom. The van der Waals surface area contributed by atoms with E-state index in [9.17, 15) is 0 Å². The third-order valence-electron chi connectivity index (χ3n) is 3.54. The highest BCUT2D eigenvalue weighted by atomic mass is 15.1. The molecule has 0 N–H and O–H groups in total. The molecule has 0 bridgehead atoms. The van der Waals surface area contributed by atoms with Gasteiger partial charge in [0.15, 0.2) is 0 Å². The molecule has 0 spiro atoms. The Hall–Kier alpha value is -0.550. The van der Waals surface area contributed by atoms with Gasteiger partial charge in [-0.3, -0.25) is 0 Å². The van der Waals surface area contributed by atoms with Crippen LogP contribution in [0.15, 0.2) is 0 Å². The molecule has 1 atom stereocenters. The van der Waals surface area contributed by atoms with Crippen LogP contribution in [0.3, 0.4) is 0 Å². The zero-order valence-electron chi connectivity index (χ0n) is 10.4. The number of nitriles is 1. The molecule has 1 fully saturated rings. The minimum absolute atomic E-state index is 0.154. The van der Waals surface area contributed by atoms with Gasteiger partial charge < -0.3 is 4.90 Å². The molecule has 2 nitrogen and oxygen atoms in total. The van der Waals surface area contributed by atoms with Crippen LogP contribution >= 0.6 is 0 Å². The second kappa shape index (κ2) is 5.51. The van der Waals surface area contributed by atoms with Gasteiger partial charge in [0, 0.05) is 6.54 Å². The highest BCUT2D eigenvalue weighted by molar-refractivity contribution is 4.92. The molecule has 1 saturated heterocycles. The fourth-order valence-electron chi connectivity index (χ4n) is 2.18. The fourth-order valence-corrected chi connectivity index (χ4v) is 2.18. The lowest BCUT2D eigenvalue weighted by molar-refractivity contribution is 0.158. The molecule has 1 heterocycles. The highest BCUT2D eigenvalue weighted by Gasteiger charge is 2.22. The quantitative estimate of drug-likeness (QED) is 0.710. The van der Waals surface area contributed by atoms with Crippen molar-refractivity contribution in [1.82, 2.24) is 4.90 Å². The van der Waals surface area contributed by atoms with Crippen molar-refractivity contribution < 1.29 is 0 Å². The van der Waals surface area contributed by atoms with Crippen LogP contribution in [0.25, 0.3) is 0 Å². The molecule has 2 heteroatoms. The molecular formula is C13H24N2. The second-order valence-corrected chi connectivity index (χ2v) is 5.46. The average molecular weight is 208 g/mol. The molecule has 0 aromatic carbocycles. The fraction of sp³-hybridized carbons (Fsp3) is 0.923. The minimum Gasteiger partial charge on any atom is -0.303 e. The van der Waals surface area contributed by atoms with E-state index in [0.29, 0.717) is 0 Å². The third kappa shape index (κ3) is 4.22. The molecule has 15 heavy (non-hydrogen) atoms. The molecular weight excluding hydrogens is 184 g/mol. The van der Waals surface area contributed by atoms with Crippen LogP contribution in [0.2, 0.25) is 0 Å². The maximum atomic E-state index is 8.95. The SMILES string of the molecule is CCC1CCCN(CCC(C)(C)C#N)C1. The van der Waals surface area contributed by atoms with E-state index >= 15 is 0 Å². The molecule has 1 unspecified atom stereocenters. The van der Waals surface area contributed by atoms with Crippen molar-refractivity contribution in [2.75, 3.05) is 19.6 Å². The largest absolute Gasteiger partial charge is 0.303 e. The Morgan fingerprint density at radius 1 is 1.47 bits per heavy atom. The van der Waals surface area contributed by atoms with E-state index in [0.717, 1.165) is 18.9 Å². The van der Waals surface area contributed by atoms with Crippen molar-refractivity contribution in [2.24, 2.45) is 11.3 Å². The number of hydrogen-bond acceptors (Lipinski definition) is 2. The summed E-state index contributed by atoms with van der Waals surface area (Å²) < 4.78 is 0. The first kappa shape index (κ1) is 12.5. The summed E-state index contributed by atoms with van der Waals surface area (Å²) in [6.07, 6.45) is 5.04. The monoisotopic (exact) mass is 208 g/mol. The Kier molecular flexibility index (Phi) is 4.60. The lowest BCUT2D eigenvalue weighted by Crippen LogP contribution is -2.37. The van der Waals surface area contributed by atoms with E-state index in [1.807, 2.05) is 13.8 Å². The Bertz CT molecular complexity index is 227. The molecule has 0 aliphatic carbocycles. The molecule has 0 aromatic heterocycles. The van der Waals surface area contributed by atoms with Crippen molar-refractivity contribution in [3.63, 3.8) is 0 Å². The summed E-state index contributed by atoms with van der Waals surface area (Å²) in [4.78, 5) is 2.54. The molecule has 1 aliphatic rings. The second-order valence-electron chi connectivity index (χ2n) is 5.46. The molecule has 86 valence electrons. The zero-order chi connectivity index (χ0) is 11.3. The molecule has 0 saturated carbocycles. The van der Waals surface area contributed by atoms with Gasteiger partial charge in [-0.15, -0.1) is 0 Å². The number of rotatable bonds is 4. The predicted molar refractivity (Wildman–Crippen MR) is 63.5 cm³/mol. The van der Waals surface area contributed by atoms with Gasteiger partial charge in [-0.05, 0) is 52.1 Å². The van der Waals surface area contributed by atoms with Crippen molar-refractivity contribution in [1.29, 1.82) is 5.26 Å². The van der Waals surface area contributed by atoms with Crippen molar-refractivity contribution in [3.8, 4) is 6.07 Å². The maximum absolute atomic E-state index is 8.95. The van der Waals surface area contributed by atoms with Gasteiger partial charge in [-0.2, -0.15) is 5.26 Å². The maximum Gasteiger partial charge on any atom is 0.0684 e. The zero-order valence-corrected chi connectivity index (χ0v) is 10.4. The van der Waals surface area contributed by atoms with Gasteiger partial charge >= 0.3 is 0 Å². The van der Waals surface area contributed by atoms with Crippen LogP contribution in [-0.4, -0.2) is 24.5 Å². The Balaban J connectivity index is 2.30. The first-order valence-corrected chi connectivity index (χ1v) is 6.21. The summed E-state index contributed by atoms with van der Waals surface area (Å²) in [5.41, 5.74) is -0.154. The van der Waals surface area contributed by atoms with E-state index < -0.39 is 0 Å². The standard InChI is InChI=1S/C13H24N2/c1-4-12-6-5-8-15(10-12)9-7-13(2,3)11-14/h12H,4-10H2,1-3H3. The lowest BCUT2D eigenvalue weighted by atomic mass is 9.90. The smallest absolute Gasteiger partial charge is 0.0684 e. The normalized spacial score (nSPS) is 23.7. The van der Waals surface area contributed by atoms with Gasteiger partial charge in [-0.1, -0.05) is 13.3 Å². The van der Waals surface area contributed by atoms with Crippen LogP contribution in [-0.2, 0) is 0 Å². The van der Waals surface area contributed by atoms with Crippen molar-refractivity contribution in [2.45, 2.75) is 46.5 Å². The third-order valence-corrected chi connectivity index (χ3v) is 3.54. The van der Waals surface area contributed by atoms with Crippen LogP contribution in [0.5, 0.6) is 0 Å². The first-order valence-electron chi connectivity index (χ1n) is 6.21. The first-order chi connectivity index (χ1) is 7.07. The predicted octanol–water partition coefficient (Wildman–Crippen LogP) is 3.05. The molecule has 0 amide bonds. The molecule has 0 radical (unpaired) electrons. The summed E-state index contributed by atoms with van der Waals surface area (Å²) in [5, 5.41) is 8.95. The van der Waals surface area contributed by atoms with Crippen molar-refractivity contribution in [3.05, 3.63) is 0 Å². The van der Waals surface area contributed by atoms with Crippen LogP contribution in [0.4, 0.5) is 0 Å². The molecule has 1 rings (SSSR count). The number of hydrogen-bond donors (Lipinski definition) is 0. The molecule has 1 aliphatic heterocycles. The van der Waals surface area contributed by atoms with E-state index in [1.165, 1.54) is 32.4 Å². The average Bonchev–Trinajstić information content (AvgIpc) is 2.27. The lowest BCUT2D eigenvalue weighted by Gasteiger charge is -2.33. The summed E-state index contributed by atoms with van der Waals surface area (Å²) in [6, 6.07) is 2.38. The number of nitrogens with zero attached hydrogens (tertiary/aromatic N) is 2. The summed E-state index contributed by atoms with van der Waals surface area (Å²) >= 11 is 0. The van der Waals surface area contributed by atoms with Gasteiger partial charge in [0.05, 0.1) is 11.5 Å². The number of piperidine rings is 1. The van der Waals surface area contributed by atoms with Crippen LogP contribution in [0, 0.1) is 22.7 Å². The minimum atomic E-state index is -0.154. The van der Waals surface area contributed by atoms with E-state index in [2.05, 4.69) is 17.9 Å². The molecule has 0 aromatic rings. The van der Waals surface area contributed by atoms with Gasteiger partial charge in [0.1, 0.15) is 0 Å².